The topological polar surface area (TPSA) is 116 Å². The molecule has 1 aromatic heterocycles. The van der Waals surface area contributed by atoms with Gasteiger partial charge >= 0.3 is 0 Å². The maximum absolute atomic E-state index is 13.7. The van der Waals surface area contributed by atoms with Gasteiger partial charge in [0.25, 0.3) is 5.91 Å². The first kappa shape index (κ1) is 32.5. The maximum atomic E-state index is 13.7. The van der Waals surface area contributed by atoms with E-state index in [1.54, 1.807) is 24.3 Å². The van der Waals surface area contributed by atoms with E-state index in [0.29, 0.717) is 47.5 Å². The lowest BCUT2D eigenvalue weighted by Gasteiger charge is -2.29. The van der Waals surface area contributed by atoms with Crippen molar-refractivity contribution >= 4 is 17.5 Å². The highest BCUT2D eigenvalue weighted by molar-refractivity contribution is 6.34. The number of aryl methyl sites for hydroxylation is 1. The summed E-state index contributed by atoms with van der Waals surface area (Å²) in [6, 6.07) is 28.1. The highest BCUT2D eigenvalue weighted by Crippen LogP contribution is 2.28. The maximum Gasteiger partial charge on any atom is 0.253 e. The number of amides is 1. The van der Waals surface area contributed by atoms with Gasteiger partial charge in [0.15, 0.2) is 0 Å². The van der Waals surface area contributed by atoms with Crippen LogP contribution in [0.2, 0.25) is 5.02 Å². The van der Waals surface area contributed by atoms with Crippen LogP contribution in [0, 0.1) is 18.3 Å². The lowest BCUT2D eigenvalue weighted by atomic mass is 9.91. The molecule has 1 aliphatic carbocycles. The molecule has 8 heteroatoms. The fourth-order valence-electron chi connectivity index (χ4n) is 5.78. The average molecular weight is 624 g/mol. The summed E-state index contributed by atoms with van der Waals surface area (Å²) in [6.45, 7) is 5.40. The Bertz CT molecular complexity index is 1600. The Labute approximate surface area is 271 Å². The van der Waals surface area contributed by atoms with E-state index in [1.807, 2.05) is 30.3 Å². The molecule has 5 rings (SSSR count). The van der Waals surface area contributed by atoms with Crippen molar-refractivity contribution < 1.29 is 9.21 Å². The molecule has 0 bridgehead atoms. The number of nitriles is 1. The van der Waals surface area contributed by atoms with E-state index in [-0.39, 0.29) is 24.0 Å². The van der Waals surface area contributed by atoms with Crippen LogP contribution in [0.1, 0.15) is 77.0 Å². The van der Waals surface area contributed by atoms with Crippen molar-refractivity contribution in [2.24, 2.45) is 5.73 Å². The minimum absolute atomic E-state index is 0.174. The summed E-state index contributed by atoms with van der Waals surface area (Å²) in [5, 5.41) is 20.0. The normalized spacial score (nSPS) is 17.8. The van der Waals surface area contributed by atoms with Crippen LogP contribution in [0.15, 0.2) is 83.3 Å². The molecule has 5 N–H and O–H groups in total. The molecular formula is C37H42ClN5O2. The zero-order chi connectivity index (χ0) is 31.8. The van der Waals surface area contributed by atoms with Crippen LogP contribution in [-0.4, -0.2) is 30.6 Å². The molecule has 0 spiro atoms. The smallest absolute Gasteiger partial charge is 0.253 e. The first-order chi connectivity index (χ1) is 21.8. The second-order valence-electron chi connectivity index (χ2n) is 12.2. The predicted octanol–water partition coefficient (Wildman–Crippen LogP) is 6.83. The number of carbonyl (C=O) groups excluding carboxylic acids is 1. The fourth-order valence-corrected chi connectivity index (χ4v) is 5.98. The summed E-state index contributed by atoms with van der Waals surface area (Å²) in [5.41, 5.74) is 11.4. The van der Waals surface area contributed by atoms with Gasteiger partial charge in [-0.1, -0.05) is 53.6 Å². The molecular weight excluding hydrogens is 582 g/mol. The number of benzene rings is 3. The summed E-state index contributed by atoms with van der Waals surface area (Å²) in [6.07, 6.45) is 4.67. The zero-order valence-corrected chi connectivity index (χ0v) is 26.7. The number of nitrogens with zero attached hydrogens (tertiary/aromatic N) is 1. The predicted molar refractivity (Wildman–Crippen MR) is 180 cm³/mol. The van der Waals surface area contributed by atoms with Crippen molar-refractivity contribution in [3.63, 3.8) is 0 Å². The number of nitrogens with two attached hydrogens (primary N) is 1. The van der Waals surface area contributed by atoms with E-state index in [2.05, 4.69) is 60.1 Å². The van der Waals surface area contributed by atoms with E-state index in [9.17, 15) is 10.1 Å². The molecule has 1 aliphatic rings. The third kappa shape index (κ3) is 9.06. The summed E-state index contributed by atoms with van der Waals surface area (Å²) in [5.74, 6) is 1.24. The number of furan rings is 1. The molecule has 1 heterocycles. The number of carbonyl (C=O) groups is 1. The monoisotopic (exact) mass is 623 g/mol. The Morgan fingerprint density at radius 1 is 1.02 bits per heavy atom. The Kier molecular flexibility index (Phi) is 11.1. The van der Waals surface area contributed by atoms with E-state index >= 15 is 0 Å². The van der Waals surface area contributed by atoms with Crippen molar-refractivity contribution in [1.29, 1.82) is 5.26 Å². The molecule has 3 aromatic carbocycles. The van der Waals surface area contributed by atoms with Crippen molar-refractivity contribution in [1.82, 2.24) is 16.0 Å². The largest absolute Gasteiger partial charge is 0.460 e. The molecule has 1 saturated carbocycles. The number of hydrogen-bond donors (Lipinski definition) is 4. The van der Waals surface area contributed by atoms with Crippen molar-refractivity contribution in [2.75, 3.05) is 6.54 Å². The third-order valence-electron chi connectivity index (χ3n) is 8.64. The Balaban J connectivity index is 1.25. The average Bonchev–Trinajstić information content (AvgIpc) is 3.53. The first-order valence-corrected chi connectivity index (χ1v) is 16.1. The Morgan fingerprint density at radius 2 is 1.76 bits per heavy atom. The Hall–Kier alpha value is -3.93. The van der Waals surface area contributed by atoms with Gasteiger partial charge in [-0.15, -0.1) is 0 Å². The SMILES string of the molecule is Cc1ccc([C@@H](C)NCc2ccc(-c3ccc(Cl)c(C(=O)N[C@@H](CN[C@H]4CC[C@@H](N)CC4)Cc4ccc(C#N)cc4)c3)o2)cc1. The van der Waals surface area contributed by atoms with Gasteiger partial charge in [-0.25, -0.2) is 0 Å². The lowest BCUT2D eigenvalue weighted by Crippen LogP contribution is -2.47. The van der Waals surface area contributed by atoms with E-state index < -0.39 is 0 Å². The van der Waals surface area contributed by atoms with Crippen molar-refractivity contribution in [3.05, 3.63) is 117 Å². The second-order valence-corrected chi connectivity index (χ2v) is 12.6. The van der Waals surface area contributed by atoms with Crippen LogP contribution in [0.4, 0.5) is 0 Å². The molecule has 45 heavy (non-hydrogen) atoms. The minimum Gasteiger partial charge on any atom is -0.460 e. The van der Waals surface area contributed by atoms with Crippen LogP contribution in [0.25, 0.3) is 11.3 Å². The number of hydrogen-bond acceptors (Lipinski definition) is 6. The molecule has 0 unspecified atom stereocenters. The number of halogens is 1. The molecule has 0 saturated heterocycles. The van der Waals surface area contributed by atoms with E-state index in [4.69, 9.17) is 21.8 Å². The van der Waals surface area contributed by atoms with Crippen LogP contribution in [0.3, 0.4) is 0 Å². The van der Waals surface area contributed by atoms with Gasteiger partial charge in [-0.2, -0.15) is 5.26 Å². The highest BCUT2D eigenvalue weighted by atomic mass is 35.5. The quantitative estimate of drug-likeness (QED) is 0.137. The van der Waals surface area contributed by atoms with Crippen molar-refractivity contribution in [3.8, 4) is 17.4 Å². The van der Waals surface area contributed by atoms with E-state index in [1.165, 1.54) is 11.1 Å². The highest BCUT2D eigenvalue weighted by Gasteiger charge is 2.22. The van der Waals surface area contributed by atoms with Gasteiger partial charge in [0, 0.05) is 36.3 Å². The summed E-state index contributed by atoms with van der Waals surface area (Å²) in [7, 11) is 0. The summed E-state index contributed by atoms with van der Waals surface area (Å²) in [4.78, 5) is 13.7. The van der Waals surface area contributed by atoms with Gasteiger partial charge in [0.2, 0.25) is 0 Å². The molecule has 2 atom stereocenters. The lowest BCUT2D eigenvalue weighted by molar-refractivity contribution is 0.0935. The number of rotatable bonds is 12. The fraction of sp³-hybridized carbons (Fsp3) is 0.351. The molecule has 0 radical (unpaired) electrons. The van der Waals surface area contributed by atoms with Crippen LogP contribution < -0.4 is 21.7 Å². The van der Waals surface area contributed by atoms with Gasteiger partial charge in [-0.05, 0) is 99.5 Å². The molecule has 0 aliphatic heterocycles. The van der Waals surface area contributed by atoms with Gasteiger partial charge in [0.05, 0.1) is 28.8 Å². The van der Waals surface area contributed by atoms with Crippen molar-refractivity contribution in [2.45, 2.75) is 76.7 Å². The molecule has 234 valence electrons. The van der Waals surface area contributed by atoms with Gasteiger partial charge < -0.3 is 26.1 Å². The number of nitrogens with one attached hydrogen (secondary N) is 3. The van der Waals surface area contributed by atoms with Crippen LogP contribution >= 0.6 is 11.6 Å². The summed E-state index contributed by atoms with van der Waals surface area (Å²) >= 11 is 6.57. The molecule has 1 fully saturated rings. The van der Waals surface area contributed by atoms with Gasteiger partial charge in [0.1, 0.15) is 11.5 Å². The molecule has 4 aromatic rings. The molecule has 7 nitrogen and oxygen atoms in total. The van der Waals surface area contributed by atoms with Gasteiger partial charge in [-0.3, -0.25) is 4.79 Å². The third-order valence-corrected chi connectivity index (χ3v) is 8.97. The minimum atomic E-state index is -0.242. The summed E-state index contributed by atoms with van der Waals surface area (Å²) < 4.78 is 6.16. The first-order valence-electron chi connectivity index (χ1n) is 15.7. The van der Waals surface area contributed by atoms with E-state index in [0.717, 1.165) is 42.6 Å². The van der Waals surface area contributed by atoms with Crippen LogP contribution in [0.5, 0.6) is 0 Å². The molecule has 1 amide bonds. The van der Waals surface area contributed by atoms with Crippen LogP contribution in [-0.2, 0) is 13.0 Å². The Morgan fingerprint density at radius 3 is 2.47 bits per heavy atom. The second kappa shape index (κ2) is 15.4. The zero-order valence-electron chi connectivity index (χ0n) is 26.0. The standard InChI is InChI=1S/C37H42ClN5O2/c1-24-3-9-28(10-4-24)25(2)41-23-33-16-18-36(45-33)29-11-17-35(38)34(20-29)37(44)43-32(19-26-5-7-27(21-39)8-6-26)22-42-31-14-12-30(40)13-15-31/h3-11,16-18,20,25,30-32,41-42H,12-15,19,22-23,40H2,1-2H3,(H,43,44)/t25-,30-,31+,32-/m1/s1.